The predicted molar refractivity (Wildman–Crippen MR) is 104 cm³/mol. The molecule has 5 nitrogen and oxygen atoms in total. The first-order valence-corrected chi connectivity index (χ1v) is 9.60. The molecule has 0 saturated carbocycles. The SMILES string of the molecule is CCNC(=NCC(C)N1CCc2ccccc21)N(C)CC1CCOC1. The van der Waals surface area contributed by atoms with Gasteiger partial charge in [0.05, 0.1) is 13.2 Å². The van der Waals surface area contributed by atoms with Crippen LogP contribution in [0.2, 0.25) is 0 Å². The van der Waals surface area contributed by atoms with E-state index in [1.165, 1.54) is 11.3 Å². The summed E-state index contributed by atoms with van der Waals surface area (Å²) >= 11 is 0. The van der Waals surface area contributed by atoms with E-state index in [9.17, 15) is 0 Å². The summed E-state index contributed by atoms with van der Waals surface area (Å²) in [7, 11) is 2.13. The lowest BCUT2D eigenvalue weighted by molar-refractivity contribution is 0.181. The molecule has 2 unspecified atom stereocenters. The number of anilines is 1. The summed E-state index contributed by atoms with van der Waals surface area (Å²) in [5, 5.41) is 3.44. The Morgan fingerprint density at radius 3 is 3.04 bits per heavy atom. The number of fused-ring (bicyclic) bond motifs is 1. The minimum atomic E-state index is 0.403. The van der Waals surface area contributed by atoms with E-state index in [0.717, 1.165) is 58.2 Å². The maximum atomic E-state index is 5.50. The Kier molecular flexibility index (Phi) is 6.19. The van der Waals surface area contributed by atoms with Crippen LogP contribution in [0.15, 0.2) is 29.3 Å². The van der Waals surface area contributed by atoms with Gasteiger partial charge in [0.15, 0.2) is 5.96 Å². The van der Waals surface area contributed by atoms with Crippen molar-refractivity contribution in [2.75, 3.05) is 51.3 Å². The highest BCUT2D eigenvalue weighted by molar-refractivity contribution is 5.79. The van der Waals surface area contributed by atoms with E-state index in [-0.39, 0.29) is 0 Å². The average molecular weight is 345 g/mol. The number of nitrogens with one attached hydrogen (secondary N) is 1. The molecule has 1 aromatic rings. The number of guanidine groups is 1. The van der Waals surface area contributed by atoms with Gasteiger partial charge in [0, 0.05) is 50.9 Å². The van der Waals surface area contributed by atoms with E-state index in [1.807, 2.05) is 0 Å². The molecule has 3 rings (SSSR count). The number of aliphatic imine (C=N–C) groups is 1. The van der Waals surface area contributed by atoms with Crippen LogP contribution in [0, 0.1) is 5.92 Å². The average Bonchev–Trinajstić information content (AvgIpc) is 3.27. The topological polar surface area (TPSA) is 40.1 Å². The number of rotatable bonds is 6. The zero-order chi connectivity index (χ0) is 17.6. The largest absolute Gasteiger partial charge is 0.381 e. The minimum Gasteiger partial charge on any atom is -0.381 e. The summed E-state index contributed by atoms with van der Waals surface area (Å²) in [5.41, 5.74) is 2.84. The van der Waals surface area contributed by atoms with Crippen LogP contribution < -0.4 is 10.2 Å². The van der Waals surface area contributed by atoms with Crippen molar-refractivity contribution in [3.05, 3.63) is 29.8 Å². The van der Waals surface area contributed by atoms with Gasteiger partial charge in [-0.3, -0.25) is 4.99 Å². The number of para-hydroxylation sites is 1. The summed E-state index contributed by atoms with van der Waals surface area (Å²) < 4.78 is 5.50. The van der Waals surface area contributed by atoms with Crippen LogP contribution in [0.1, 0.15) is 25.8 Å². The monoisotopic (exact) mass is 344 g/mol. The Labute approximate surface area is 152 Å². The van der Waals surface area contributed by atoms with Crippen LogP contribution in [0.25, 0.3) is 0 Å². The molecule has 1 saturated heterocycles. The molecule has 0 aromatic heterocycles. The van der Waals surface area contributed by atoms with Gasteiger partial charge in [0.1, 0.15) is 0 Å². The van der Waals surface area contributed by atoms with Gasteiger partial charge in [-0.25, -0.2) is 0 Å². The normalized spacial score (nSPS) is 21.3. The predicted octanol–water partition coefficient (Wildman–Crippen LogP) is 2.37. The maximum Gasteiger partial charge on any atom is 0.193 e. The Bertz CT molecular complexity index is 583. The van der Waals surface area contributed by atoms with Gasteiger partial charge >= 0.3 is 0 Å². The Morgan fingerprint density at radius 2 is 2.28 bits per heavy atom. The van der Waals surface area contributed by atoms with Crippen LogP contribution in [-0.2, 0) is 11.2 Å². The van der Waals surface area contributed by atoms with Crippen molar-refractivity contribution >= 4 is 11.6 Å². The fraction of sp³-hybridized carbons (Fsp3) is 0.650. The molecule has 2 heterocycles. The van der Waals surface area contributed by atoms with Crippen LogP contribution in [0.3, 0.4) is 0 Å². The van der Waals surface area contributed by atoms with Crippen LogP contribution in [0.4, 0.5) is 5.69 Å². The zero-order valence-electron chi connectivity index (χ0n) is 15.9. The number of ether oxygens (including phenoxy) is 1. The maximum absolute atomic E-state index is 5.50. The quantitative estimate of drug-likeness (QED) is 0.635. The third kappa shape index (κ3) is 4.46. The summed E-state index contributed by atoms with van der Waals surface area (Å²) in [6.07, 6.45) is 2.30. The standard InChI is InChI=1S/C20H32N4O/c1-4-21-20(23(3)14-17-10-12-25-15-17)22-13-16(2)24-11-9-18-7-5-6-8-19(18)24/h5-8,16-17H,4,9-15H2,1-3H3,(H,21,22). The highest BCUT2D eigenvalue weighted by atomic mass is 16.5. The van der Waals surface area contributed by atoms with Gasteiger partial charge in [-0.2, -0.15) is 0 Å². The highest BCUT2D eigenvalue weighted by Crippen LogP contribution is 2.29. The van der Waals surface area contributed by atoms with Crippen molar-refractivity contribution in [2.45, 2.75) is 32.7 Å². The van der Waals surface area contributed by atoms with Gasteiger partial charge < -0.3 is 19.9 Å². The highest BCUT2D eigenvalue weighted by Gasteiger charge is 2.23. The van der Waals surface area contributed by atoms with Crippen LogP contribution in [-0.4, -0.2) is 63.3 Å². The zero-order valence-corrected chi connectivity index (χ0v) is 15.9. The van der Waals surface area contributed by atoms with Crippen molar-refractivity contribution < 1.29 is 4.74 Å². The molecule has 5 heteroatoms. The molecule has 1 N–H and O–H groups in total. The van der Waals surface area contributed by atoms with E-state index in [0.29, 0.717) is 12.0 Å². The van der Waals surface area contributed by atoms with Crippen molar-refractivity contribution in [1.29, 1.82) is 0 Å². The van der Waals surface area contributed by atoms with Gasteiger partial charge in [-0.05, 0) is 38.3 Å². The minimum absolute atomic E-state index is 0.403. The number of hydrogen-bond acceptors (Lipinski definition) is 3. The van der Waals surface area contributed by atoms with Gasteiger partial charge in [0.25, 0.3) is 0 Å². The third-order valence-corrected chi connectivity index (χ3v) is 5.21. The first-order chi connectivity index (χ1) is 12.2. The molecule has 25 heavy (non-hydrogen) atoms. The van der Waals surface area contributed by atoms with E-state index in [4.69, 9.17) is 9.73 Å². The first-order valence-electron chi connectivity index (χ1n) is 9.60. The van der Waals surface area contributed by atoms with Crippen LogP contribution in [0.5, 0.6) is 0 Å². The van der Waals surface area contributed by atoms with Crippen molar-refractivity contribution in [3.8, 4) is 0 Å². The van der Waals surface area contributed by atoms with E-state index in [1.54, 1.807) is 0 Å². The molecule has 2 aliphatic rings. The molecular weight excluding hydrogens is 312 g/mol. The molecule has 0 spiro atoms. The van der Waals surface area contributed by atoms with E-state index >= 15 is 0 Å². The van der Waals surface area contributed by atoms with Gasteiger partial charge in [-0.15, -0.1) is 0 Å². The molecule has 0 aliphatic carbocycles. The molecule has 1 fully saturated rings. The summed E-state index contributed by atoms with van der Waals surface area (Å²) in [4.78, 5) is 9.67. The lowest BCUT2D eigenvalue weighted by atomic mass is 10.1. The summed E-state index contributed by atoms with van der Waals surface area (Å²) in [6.45, 7) is 9.99. The molecule has 138 valence electrons. The van der Waals surface area contributed by atoms with Gasteiger partial charge in [-0.1, -0.05) is 18.2 Å². The van der Waals surface area contributed by atoms with E-state index in [2.05, 4.69) is 60.3 Å². The smallest absolute Gasteiger partial charge is 0.193 e. The second-order valence-electron chi connectivity index (χ2n) is 7.23. The molecular formula is C20H32N4O. The first kappa shape index (κ1) is 18.1. The second kappa shape index (κ2) is 8.56. The third-order valence-electron chi connectivity index (χ3n) is 5.21. The fourth-order valence-electron chi connectivity index (χ4n) is 3.81. The number of hydrogen-bond donors (Lipinski definition) is 1. The molecule has 1 aromatic carbocycles. The number of benzene rings is 1. The molecule has 2 aliphatic heterocycles. The molecule has 2 atom stereocenters. The van der Waals surface area contributed by atoms with Gasteiger partial charge in [0.2, 0.25) is 0 Å². The Balaban J connectivity index is 1.60. The summed E-state index contributed by atoms with van der Waals surface area (Å²) in [5.74, 6) is 1.63. The summed E-state index contributed by atoms with van der Waals surface area (Å²) in [6, 6.07) is 9.15. The van der Waals surface area contributed by atoms with Crippen LogP contribution >= 0.6 is 0 Å². The lowest BCUT2D eigenvalue weighted by Crippen LogP contribution is -2.42. The molecule has 0 amide bonds. The molecule has 0 bridgehead atoms. The van der Waals surface area contributed by atoms with Crippen molar-refractivity contribution in [3.63, 3.8) is 0 Å². The molecule has 0 radical (unpaired) electrons. The number of nitrogens with zero attached hydrogens (tertiary/aromatic N) is 3. The van der Waals surface area contributed by atoms with E-state index < -0.39 is 0 Å². The second-order valence-corrected chi connectivity index (χ2v) is 7.23. The fourth-order valence-corrected chi connectivity index (χ4v) is 3.81. The lowest BCUT2D eigenvalue weighted by Gasteiger charge is -2.28. The van der Waals surface area contributed by atoms with Crippen molar-refractivity contribution in [2.24, 2.45) is 10.9 Å². The Hall–Kier alpha value is -1.75. The Morgan fingerprint density at radius 1 is 1.44 bits per heavy atom. The van der Waals surface area contributed by atoms with Crippen molar-refractivity contribution in [1.82, 2.24) is 10.2 Å².